The predicted molar refractivity (Wildman–Crippen MR) is 107 cm³/mol. The summed E-state index contributed by atoms with van der Waals surface area (Å²) >= 11 is 0. The first-order valence-corrected chi connectivity index (χ1v) is 10.3. The molecule has 1 fully saturated rings. The van der Waals surface area contributed by atoms with Crippen LogP contribution in [0.25, 0.3) is 0 Å². The molecular weight excluding hydrogens is 358 g/mol. The molecule has 0 saturated heterocycles. The van der Waals surface area contributed by atoms with Crippen molar-refractivity contribution in [2.75, 3.05) is 6.61 Å². The Balaban J connectivity index is 1.75. The van der Waals surface area contributed by atoms with Crippen molar-refractivity contribution in [1.29, 1.82) is 0 Å². The standard InChI is InChI=1S/C22H31NO5/c24-22(13-5-2-8-18-27-23(25)26)28-21(17-15-20-11-6-7-12-20)16-14-19-9-3-1-4-10-19/h1,3-4,9-10,15,17,20-21H,2,5-8,11-14,16,18H2/b17-15+. The quantitative estimate of drug-likeness (QED) is 0.155. The average molecular weight is 389 g/mol. The van der Waals surface area contributed by atoms with Gasteiger partial charge in [-0.2, -0.15) is 0 Å². The molecule has 0 radical (unpaired) electrons. The van der Waals surface area contributed by atoms with Gasteiger partial charge in [0.15, 0.2) is 0 Å². The zero-order valence-corrected chi connectivity index (χ0v) is 16.5. The van der Waals surface area contributed by atoms with Gasteiger partial charge in [-0.1, -0.05) is 55.7 Å². The zero-order chi connectivity index (χ0) is 20.0. The van der Waals surface area contributed by atoms with Crippen LogP contribution in [-0.2, 0) is 20.8 Å². The van der Waals surface area contributed by atoms with E-state index in [1.807, 2.05) is 18.2 Å². The highest BCUT2D eigenvalue weighted by Gasteiger charge is 2.15. The van der Waals surface area contributed by atoms with E-state index < -0.39 is 5.09 Å². The summed E-state index contributed by atoms with van der Waals surface area (Å²) in [4.78, 5) is 26.6. The van der Waals surface area contributed by atoms with Crippen molar-refractivity contribution in [3.63, 3.8) is 0 Å². The SMILES string of the molecule is O=C(CCCCCO[N+](=O)[O-])OC(/C=C/C1CCCC1)CCc1ccccc1. The van der Waals surface area contributed by atoms with Gasteiger partial charge in [-0.3, -0.25) is 4.79 Å². The van der Waals surface area contributed by atoms with Crippen LogP contribution in [0, 0.1) is 16.0 Å². The van der Waals surface area contributed by atoms with E-state index in [4.69, 9.17) is 4.74 Å². The summed E-state index contributed by atoms with van der Waals surface area (Å²) in [6.07, 6.45) is 13.0. The van der Waals surface area contributed by atoms with Gasteiger partial charge < -0.3 is 9.57 Å². The lowest BCUT2D eigenvalue weighted by atomic mass is 10.0. The Morgan fingerprint density at radius 2 is 1.93 bits per heavy atom. The lowest BCUT2D eigenvalue weighted by Crippen LogP contribution is -2.17. The maximum absolute atomic E-state index is 12.2. The van der Waals surface area contributed by atoms with Gasteiger partial charge in [0.2, 0.25) is 0 Å². The number of hydrogen-bond acceptors (Lipinski definition) is 5. The van der Waals surface area contributed by atoms with Gasteiger partial charge in [-0.15, -0.1) is 10.1 Å². The molecule has 0 spiro atoms. The zero-order valence-electron chi connectivity index (χ0n) is 16.5. The molecule has 1 aliphatic carbocycles. The molecule has 1 atom stereocenters. The van der Waals surface area contributed by atoms with E-state index in [9.17, 15) is 14.9 Å². The van der Waals surface area contributed by atoms with Crippen molar-refractivity contribution < 1.29 is 19.5 Å². The van der Waals surface area contributed by atoms with Gasteiger partial charge in [0.05, 0.1) is 6.61 Å². The highest BCUT2D eigenvalue weighted by Crippen LogP contribution is 2.26. The van der Waals surface area contributed by atoms with E-state index in [1.54, 1.807) is 0 Å². The molecule has 1 aliphatic rings. The number of nitrogens with zero attached hydrogens (tertiary/aromatic N) is 1. The fourth-order valence-electron chi connectivity index (χ4n) is 3.49. The lowest BCUT2D eigenvalue weighted by molar-refractivity contribution is -0.757. The molecule has 154 valence electrons. The number of benzene rings is 1. The summed E-state index contributed by atoms with van der Waals surface area (Å²) in [6, 6.07) is 10.2. The summed E-state index contributed by atoms with van der Waals surface area (Å²) < 4.78 is 5.71. The Morgan fingerprint density at radius 1 is 1.18 bits per heavy atom. The minimum absolute atomic E-state index is 0.0753. The Labute approximate surface area is 167 Å². The largest absolute Gasteiger partial charge is 0.458 e. The lowest BCUT2D eigenvalue weighted by Gasteiger charge is -2.15. The van der Waals surface area contributed by atoms with Gasteiger partial charge in [-0.05, 0) is 56.1 Å². The van der Waals surface area contributed by atoms with Crippen molar-refractivity contribution in [3.05, 3.63) is 58.2 Å². The number of unbranched alkanes of at least 4 members (excludes halogenated alkanes) is 2. The number of carbonyl (C=O) groups is 1. The molecule has 6 nitrogen and oxygen atoms in total. The summed E-state index contributed by atoms with van der Waals surface area (Å²) in [5.74, 6) is 0.406. The Hall–Kier alpha value is -2.37. The minimum atomic E-state index is -0.789. The molecule has 1 aromatic rings. The van der Waals surface area contributed by atoms with Crippen LogP contribution in [0.5, 0.6) is 0 Å². The molecule has 0 heterocycles. The first-order chi connectivity index (χ1) is 13.6. The van der Waals surface area contributed by atoms with Crippen LogP contribution >= 0.6 is 0 Å². The maximum Gasteiger partial charge on any atom is 0.306 e. The number of carbonyl (C=O) groups excluding carboxylic acids is 1. The van der Waals surface area contributed by atoms with Crippen LogP contribution in [0.15, 0.2) is 42.5 Å². The Morgan fingerprint density at radius 3 is 2.64 bits per heavy atom. The van der Waals surface area contributed by atoms with Crippen LogP contribution in [0.2, 0.25) is 0 Å². The van der Waals surface area contributed by atoms with E-state index in [0.717, 1.165) is 12.8 Å². The van der Waals surface area contributed by atoms with Crippen LogP contribution in [0.1, 0.15) is 63.4 Å². The summed E-state index contributed by atoms with van der Waals surface area (Å²) in [5.41, 5.74) is 1.24. The van der Waals surface area contributed by atoms with E-state index in [-0.39, 0.29) is 18.7 Å². The molecule has 6 heteroatoms. The van der Waals surface area contributed by atoms with Crippen molar-refractivity contribution >= 4 is 5.97 Å². The first-order valence-electron chi connectivity index (χ1n) is 10.3. The van der Waals surface area contributed by atoms with Crippen molar-refractivity contribution in [2.45, 2.75) is 70.3 Å². The average Bonchev–Trinajstić information content (AvgIpc) is 3.21. The van der Waals surface area contributed by atoms with Crippen LogP contribution in [0.4, 0.5) is 0 Å². The van der Waals surface area contributed by atoms with E-state index in [1.165, 1.54) is 31.2 Å². The van der Waals surface area contributed by atoms with Gasteiger partial charge in [0.1, 0.15) is 6.10 Å². The summed E-state index contributed by atoms with van der Waals surface area (Å²) in [6.45, 7) is 0.0753. The highest BCUT2D eigenvalue weighted by atomic mass is 16.9. The Kier molecular flexibility index (Phi) is 10.1. The number of hydrogen-bond donors (Lipinski definition) is 0. The third-order valence-corrected chi connectivity index (χ3v) is 5.06. The minimum Gasteiger partial charge on any atom is -0.458 e. The second-order valence-electron chi connectivity index (χ2n) is 7.35. The fraction of sp³-hybridized carbons (Fsp3) is 0.591. The molecule has 0 aromatic heterocycles. The summed E-state index contributed by atoms with van der Waals surface area (Å²) in [5, 5.41) is 9.30. The number of ether oxygens (including phenoxy) is 1. The van der Waals surface area contributed by atoms with Crippen LogP contribution < -0.4 is 0 Å². The fourth-order valence-corrected chi connectivity index (χ4v) is 3.49. The molecule has 0 amide bonds. The van der Waals surface area contributed by atoms with Crippen LogP contribution in [-0.4, -0.2) is 23.8 Å². The van der Waals surface area contributed by atoms with E-state index in [2.05, 4.69) is 29.1 Å². The van der Waals surface area contributed by atoms with Crippen molar-refractivity contribution in [3.8, 4) is 0 Å². The topological polar surface area (TPSA) is 78.7 Å². The molecule has 0 aliphatic heterocycles. The third kappa shape index (κ3) is 9.53. The van der Waals surface area contributed by atoms with E-state index in [0.29, 0.717) is 31.6 Å². The van der Waals surface area contributed by atoms with Gasteiger partial charge >= 0.3 is 5.97 Å². The third-order valence-electron chi connectivity index (χ3n) is 5.06. The van der Waals surface area contributed by atoms with Crippen molar-refractivity contribution in [1.82, 2.24) is 0 Å². The molecule has 1 unspecified atom stereocenters. The Bertz CT molecular complexity index is 611. The van der Waals surface area contributed by atoms with Crippen LogP contribution in [0.3, 0.4) is 0 Å². The predicted octanol–water partition coefficient (Wildman–Crippen LogP) is 5.05. The second kappa shape index (κ2) is 12.9. The highest BCUT2D eigenvalue weighted by molar-refractivity contribution is 5.69. The number of aryl methyl sites for hydroxylation is 1. The molecule has 2 rings (SSSR count). The number of esters is 1. The first kappa shape index (κ1) is 21.9. The normalized spacial score (nSPS) is 15.6. The second-order valence-corrected chi connectivity index (χ2v) is 7.35. The van der Waals surface area contributed by atoms with Gasteiger partial charge in [0.25, 0.3) is 5.09 Å². The molecule has 0 bridgehead atoms. The smallest absolute Gasteiger partial charge is 0.306 e. The number of allylic oxidation sites excluding steroid dienone is 1. The van der Waals surface area contributed by atoms with E-state index >= 15 is 0 Å². The maximum atomic E-state index is 12.2. The summed E-state index contributed by atoms with van der Waals surface area (Å²) in [7, 11) is 0. The van der Waals surface area contributed by atoms with Gasteiger partial charge in [0, 0.05) is 6.42 Å². The monoisotopic (exact) mass is 389 g/mol. The molecular formula is C22H31NO5. The van der Waals surface area contributed by atoms with Gasteiger partial charge in [-0.25, -0.2) is 0 Å². The molecule has 1 aromatic carbocycles. The molecule has 28 heavy (non-hydrogen) atoms. The molecule has 0 N–H and O–H groups in total. The molecule has 1 saturated carbocycles. The van der Waals surface area contributed by atoms with Crippen molar-refractivity contribution in [2.24, 2.45) is 5.92 Å². The number of rotatable bonds is 13.